The number of ether oxygens (including phenoxy) is 2. The molecule has 0 unspecified atom stereocenters. The zero-order valence-electron chi connectivity index (χ0n) is 12.3. The molecule has 6 heteroatoms. The number of anilines is 2. The highest BCUT2D eigenvalue weighted by Crippen LogP contribution is 2.23. The van der Waals surface area contributed by atoms with Gasteiger partial charge in [0, 0.05) is 26.7 Å². The smallest absolute Gasteiger partial charge is 0.340 e. The zero-order valence-corrected chi connectivity index (χ0v) is 12.3. The maximum absolute atomic E-state index is 11.7. The molecule has 0 fully saturated rings. The lowest BCUT2D eigenvalue weighted by Gasteiger charge is -2.18. The predicted octanol–water partition coefficient (Wildman–Crippen LogP) is 1.05. The van der Waals surface area contributed by atoms with Crippen LogP contribution < -0.4 is 11.1 Å². The Hall–Kier alpha value is -1.79. The average Bonchev–Trinajstić information content (AvgIpc) is 2.45. The van der Waals surface area contributed by atoms with Crippen molar-refractivity contribution in [2.75, 3.05) is 58.6 Å². The van der Waals surface area contributed by atoms with Gasteiger partial charge in [-0.05, 0) is 19.2 Å². The molecular formula is C14H23N3O3. The van der Waals surface area contributed by atoms with Gasteiger partial charge in [0.15, 0.2) is 0 Å². The van der Waals surface area contributed by atoms with Gasteiger partial charge < -0.3 is 25.4 Å². The van der Waals surface area contributed by atoms with Crippen molar-refractivity contribution >= 4 is 17.3 Å². The van der Waals surface area contributed by atoms with Crippen molar-refractivity contribution in [2.45, 2.75) is 0 Å². The molecule has 0 radical (unpaired) electrons. The molecule has 0 atom stereocenters. The standard InChI is InChI=1S/C14H23N3O3/c1-17(9-10-19-2)8-7-16-13-11(14(18)20-3)5-4-6-12(13)15/h4-6,16H,7-10,15H2,1-3H3. The number of nitrogens with zero attached hydrogens (tertiary/aromatic N) is 1. The Labute approximate surface area is 119 Å². The van der Waals surface area contributed by atoms with E-state index in [1.54, 1.807) is 25.3 Å². The van der Waals surface area contributed by atoms with Crippen LogP contribution in [-0.2, 0) is 9.47 Å². The second kappa shape index (κ2) is 8.39. The van der Waals surface area contributed by atoms with Crippen LogP contribution in [-0.4, -0.2) is 58.4 Å². The van der Waals surface area contributed by atoms with Gasteiger partial charge in [0.05, 0.1) is 30.7 Å². The molecule has 1 aromatic carbocycles. The molecule has 0 aromatic heterocycles. The van der Waals surface area contributed by atoms with Gasteiger partial charge in [-0.2, -0.15) is 0 Å². The van der Waals surface area contributed by atoms with E-state index < -0.39 is 5.97 Å². The third kappa shape index (κ3) is 4.71. The molecule has 20 heavy (non-hydrogen) atoms. The topological polar surface area (TPSA) is 76.8 Å². The lowest BCUT2D eigenvalue weighted by molar-refractivity contribution is 0.0602. The fraction of sp³-hybridized carbons (Fsp3) is 0.500. The predicted molar refractivity (Wildman–Crippen MR) is 80.1 cm³/mol. The van der Waals surface area contributed by atoms with Crippen molar-refractivity contribution in [3.63, 3.8) is 0 Å². The number of nitrogens with one attached hydrogen (secondary N) is 1. The number of methoxy groups -OCH3 is 2. The largest absolute Gasteiger partial charge is 0.465 e. The van der Waals surface area contributed by atoms with E-state index in [4.69, 9.17) is 15.2 Å². The molecular weight excluding hydrogens is 258 g/mol. The molecule has 0 aliphatic rings. The Morgan fingerprint density at radius 3 is 2.75 bits per heavy atom. The molecule has 3 N–H and O–H groups in total. The van der Waals surface area contributed by atoms with Crippen molar-refractivity contribution in [3.8, 4) is 0 Å². The number of likely N-dealkylation sites (N-methyl/N-ethyl adjacent to an activating group) is 1. The van der Waals surface area contributed by atoms with E-state index >= 15 is 0 Å². The van der Waals surface area contributed by atoms with Crippen molar-refractivity contribution in [3.05, 3.63) is 23.8 Å². The minimum absolute atomic E-state index is 0.396. The Balaban J connectivity index is 2.61. The summed E-state index contributed by atoms with van der Waals surface area (Å²) in [5.41, 5.74) is 7.52. The molecule has 6 nitrogen and oxygen atoms in total. The second-order valence-corrected chi connectivity index (χ2v) is 4.48. The fourth-order valence-corrected chi connectivity index (χ4v) is 1.78. The van der Waals surface area contributed by atoms with Gasteiger partial charge in [-0.15, -0.1) is 0 Å². The van der Waals surface area contributed by atoms with Gasteiger partial charge in [-0.1, -0.05) is 6.07 Å². The number of para-hydroxylation sites is 1. The first kappa shape index (κ1) is 16.3. The van der Waals surface area contributed by atoms with Gasteiger partial charge in [-0.25, -0.2) is 4.79 Å². The quantitative estimate of drug-likeness (QED) is 0.548. The van der Waals surface area contributed by atoms with E-state index in [0.717, 1.165) is 13.1 Å². The van der Waals surface area contributed by atoms with E-state index in [-0.39, 0.29) is 0 Å². The van der Waals surface area contributed by atoms with Gasteiger partial charge in [0.1, 0.15) is 0 Å². The molecule has 1 rings (SSSR count). The highest BCUT2D eigenvalue weighted by atomic mass is 16.5. The van der Waals surface area contributed by atoms with Crippen molar-refractivity contribution in [1.29, 1.82) is 0 Å². The van der Waals surface area contributed by atoms with Crippen LogP contribution in [0.1, 0.15) is 10.4 Å². The van der Waals surface area contributed by atoms with Crippen molar-refractivity contribution < 1.29 is 14.3 Å². The summed E-state index contributed by atoms with van der Waals surface area (Å²) >= 11 is 0. The Morgan fingerprint density at radius 1 is 1.35 bits per heavy atom. The lowest BCUT2D eigenvalue weighted by atomic mass is 10.1. The van der Waals surface area contributed by atoms with E-state index in [9.17, 15) is 4.79 Å². The molecule has 0 saturated heterocycles. The first-order valence-electron chi connectivity index (χ1n) is 6.48. The molecule has 0 heterocycles. The summed E-state index contributed by atoms with van der Waals surface area (Å²) in [6, 6.07) is 5.18. The van der Waals surface area contributed by atoms with Gasteiger partial charge in [0.25, 0.3) is 0 Å². The van der Waals surface area contributed by atoms with Gasteiger partial charge >= 0.3 is 5.97 Å². The number of hydrogen-bond acceptors (Lipinski definition) is 6. The second-order valence-electron chi connectivity index (χ2n) is 4.48. The number of rotatable bonds is 8. The number of carbonyl (C=O) groups is 1. The minimum Gasteiger partial charge on any atom is -0.465 e. The molecule has 0 bridgehead atoms. The van der Waals surface area contributed by atoms with Crippen LogP contribution in [0.2, 0.25) is 0 Å². The van der Waals surface area contributed by atoms with Crippen LogP contribution in [0.15, 0.2) is 18.2 Å². The fourth-order valence-electron chi connectivity index (χ4n) is 1.78. The average molecular weight is 281 g/mol. The molecule has 0 saturated carbocycles. The maximum Gasteiger partial charge on any atom is 0.340 e. The number of hydrogen-bond donors (Lipinski definition) is 2. The number of esters is 1. The van der Waals surface area contributed by atoms with E-state index in [1.807, 2.05) is 7.05 Å². The summed E-state index contributed by atoms with van der Waals surface area (Å²) < 4.78 is 9.77. The van der Waals surface area contributed by atoms with Gasteiger partial charge in [-0.3, -0.25) is 0 Å². The summed E-state index contributed by atoms with van der Waals surface area (Å²) in [7, 11) is 5.05. The van der Waals surface area contributed by atoms with Crippen LogP contribution in [0.4, 0.5) is 11.4 Å². The molecule has 0 aliphatic heterocycles. The lowest BCUT2D eigenvalue weighted by Crippen LogP contribution is -2.28. The monoisotopic (exact) mass is 281 g/mol. The number of nitrogen functional groups attached to an aromatic ring is 1. The van der Waals surface area contributed by atoms with Crippen LogP contribution in [0, 0.1) is 0 Å². The molecule has 1 aromatic rings. The van der Waals surface area contributed by atoms with E-state index in [1.165, 1.54) is 7.11 Å². The zero-order chi connectivity index (χ0) is 15.0. The maximum atomic E-state index is 11.7. The summed E-state index contributed by atoms with van der Waals surface area (Å²) in [6.07, 6.45) is 0. The van der Waals surface area contributed by atoms with Crippen LogP contribution in [0.5, 0.6) is 0 Å². The van der Waals surface area contributed by atoms with Crippen LogP contribution in [0.3, 0.4) is 0 Å². The summed E-state index contributed by atoms with van der Waals surface area (Å²) in [5.74, 6) is -0.396. The summed E-state index contributed by atoms with van der Waals surface area (Å²) in [4.78, 5) is 13.8. The Kier molecular flexibility index (Phi) is 6.83. The first-order valence-corrected chi connectivity index (χ1v) is 6.48. The van der Waals surface area contributed by atoms with Crippen molar-refractivity contribution in [2.24, 2.45) is 0 Å². The number of carbonyl (C=O) groups excluding carboxylic acids is 1. The Morgan fingerprint density at radius 2 is 2.10 bits per heavy atom. The summed E-state index contributed by atoms with van der Waals surface area (Å²) in [5, 5.41) is 3.20. The SMILES string of the molecule is COCCN(C)CCNc1c(N)cccc1C(=O)OC. The molecule has 0 aliphatic carbocycles. The first-order chi connectivity index (χ1) is 9.60. The van der Waals surface area contributed by atoms with E-state index in [2.05, 4.69) is 10.2 Å². The molecule has 0 spiro atoms. The molecule has 0 amide bonds. The highest BCUT2D eigenvalue weighted by molar-refractivity contribution is 5.98. The number of benzene rings is 1. The molecule has 112 valence electrons. The number of nitrogens with two attached hydrogens (primary N) is 1. The van der Waals surface area contributed by atoms with Crippen LogP contribution >= 0.6 is 0 Å². The van der Waals surface area contributed by atoms with E-state index in [0.29, 0.717) is 30.1 Å². The van der Waals surface area contributed by atoms with Crippen LogP contribution in [0.25, 0.3) is 0 Å². The van der Waals surface area contributed by atoms with Crippen molar-refractivity contribution in [1.82, 2.24) is 4.90 Å². The highest BCUT2D eigenvalue weighted by Gasteiger charge is 2.13. The third-order valence-electron chi connectivity index (χ3n) is 2.97. The third-order valence-corrected chi connectivity index (χ3v) is 2.97. The summed E-state index contributed by atoms with van der Waals surface area (Å²) in [6.45, 7) is 3.04. The minimum atomic E-state index is -0.396. The Bertz CT molecular complexity index is 438. The normalized spacial score (nSPS) is 10.6. The van der Waals surface area contributed by atoms with Gasteiger partial charge in [0.2, 0.25) is 0 Å².